The standard InChI is InChI=1S/C17H19N3.C9H13N/c1-19-9-10-20-16(12-19)15-7-3-2-5-13(15)11-14-6-4-8-18-17(14)20;1-8(10)7-9-5-3-2-4-6-9/h2-8,16H,9-12H2,1H3;2-6,8H,7,10H2,1H3. The van der Waals surface area contributed by atoms with Crippen LogP contribution in [0.5, 0.6) is 0 Å². The van der Waals surface area contributed by atoms with Gasteiger partial charge in [0, 0.05) is 38.3 Å². The molecule has 0 amide bonds. The van der Waals surface area contributed by atoms with Crippen LogP contribution in [-0.2, 0) is 12.8 Å². The summed E-state index contributed by atoms with van der Waals surface area (Å²) < 4.78 is 0. The van der Waals surface area contributed by atoms with E-state index in [2.05, 4.69) is 70.4 Å². The topological polar surface area (TPSA) is 45.4 Å². The lowest BCUT2D eigenvalue weighted by Gasteiger charge is -2.41. The molecule has 4 heteroatoms. The highest BCUT2D eigenvalue weighted by molar-refractivity contribution is 5.56. The number of hydrogen-bond acceptors (Lipinski definition) is 4. The van der Waals surface area contributed by atoms with Crippen LogP contribution < -0.4 is 10.6 Å². The molecule has 0 spiro atoms. The molecule has 1 aromatic heterocycles. The number of rotatable bonds is 2. The molecule has 0 bridgehead atoms. The Hall–Kier alpha value is -2.69. The highest BCUT2D eigenvalue weighted by Gasteiger charge is 2.32. The first kappa shape index (κ1) is 20.6. The summed E-state index contributed by atoms with van der Waals surface area (Å²) in [7, 11) is 2.21. The van der Waals surface area contributed by atoms with Gasteiger partial charge < -0.3 is 15.5 Å². The van der Waals surface area contributed by atoms with Crippen molar-refractivity contribution < 1.29 is 0 Å². The Balaban J connectivity index is 0.000000185. The second-order valence-electron chi connectivity index (χ2n) is 8.50. The zero-order valence-electron chi connectivity index (χ0n) is 18.0. The number of fused-ring (bicyclic) bond motifs is 5. The number of benzene rings is 2. The van der Waals surface area contributed by atoms with Gasteiger partial charge in [-0.25, -0.2) is 4.98 Å². The van der Waals surface area contributed by atoms with E-state index in [9.17, 15) is 0 Å². The maximum atomic E-state index is 5.62. The number of nitrogens with two attached hydrogens (primary N) is 1. The third kappa shape index (κ3) is 4.72. The minimum absolute atomic E-state index is 0.266. The zero-order chi connectivity index (χ0) is 20.9. The average molecular weight is 401 g/mol. The third-order valence-electron chi connectivity index (χ3n) is 5.92. The second-order valence-corrected chi connectivity index (χ2v) is 8.50. The van der Waals surface area contributed by atoms with E-state index >= 15 is 0 Å². The van der Waals surface area contributed by atoms with Gasteiger partial charge in [0.1, 0.15) is 5.82 Å². The van der Waals surface area contributed by atoms with Gasteiger partial charge in [-0.3, -0.25) is 0 Å². The van der Waals surface area contributed by atoms with Gasteiger partial charge in [0.25, 0.3) is 0 Å². The molecule has 2 atom stereocenters. The summed E-state index contributed by atoms with van der Waals surface area (Å²) in [6, 6.07) is 24.1. The SMILES string of the molecule is CC(N)Cc1ccccc1.CN1CCN2c3ncccc3Cc3ccccc3C2C1. The van der Waals surface area contributed by atoms with Crippen molar-refractivity contribution >= 4 is 5.82 Å². The number of nitrogens with zero attached hydrogens (tertiary/aromatic N) is 3. The average Bonchev–Trinajstić information content (AvgIpc) is 2.89. The first-order valence-electron chi connectivity index (χ1n) is 10.9. The van der Waals surface area contributed by atoms with Crippen molar-refractivity contribution in [1.29, 1.82) is 0 Å². The number of pyridine rings is 1. The highest BCUT2D eigenvalue weighted by Crippen LogP contribution is 2.37. The summed E-state index contributed by atoms with van der Waals surface area (Å²) in [5.74, 6) is 1.18. The predicted molar refractivity (Wildman–Crippen MR) is 125 cm³/mol. The Morgan fingerprint density at radius 3 is 2.50 bits per heavy atom. The summed E-state index contributed by atoms with van der Waals surface area (Å²) in [4.78, 5) is 9.60. The fourth-order valence-corrected chi connectivity index (χ4v) is 4.48. The van der Waals surface area contributed by atoms with Gasteiger partial charge in [0.05, 0.1) is 6.04 Å². The lowest BCUT2D eigenvalue weighted by molar-refractivity contribution is 0.268. The smallest absolute Gasteiger partial charge is 0.132 e. The van der Waals surface area contributed by atoms with Crippen molar-refractivity contribution in [1.82, 2.24) is 9.88 Å². The van der Waals surface area contributed by atoms with Crippen molar-refractivity contribution in [2.24, 2.45) is 5.73 Å². The molecule has 2 unspecified atom stereocenters. The molecule has 30 heavy (non-hydrogen) atoms. The number of piperazine rings is 1. The molecule has 0 radical (unpaired) electrons. The molecule has 2 aliphatic rings. The highest BCUT2D eigenvalue weighted by atomic mass is 15.3. The molecule has 0 aliphatic carbocycles. The van der Waals surface area contributed by atoms with Gasteiger partial charge in [-0.1, -0.05) is 60.7 Å². The summed E-state index contributed by atoms with van der Waals surface area (Å²) in [6.07, 6.45) is 3.89. The van der Waals surface area contributed by atoms with E-state index in [1.165, 1.54) is 28.1 Å². The van der Waals surface area contributed by atoms with E-state index < -0.39 is 0 Å². The fourth-order valence-electron chi connectivity index (χ4n) is 4.48. The molecule has 3 heterocycles. The van der Waals surface area contributed by atoms with Gasteiger partial charge in [-0.15, -0.1) is 0 Å². The van der Waals surface area contributed by atoms with Crippen molar-refractivity contribution in [2.75, 3.05) is 31.6 Å². The number of hydrogen-bond donors (Lipinski definition) is 1. The van der Waals surface area contributed by atoms with E-state index in [0.717, 1.165) is 32.5 Å². The van der Waals surface area contributed by atoms with E-state index in [4.69, 9.17) is 5.73 Å². The molecule has 2 aliphatic heterocycles. The van der Waals surface area contributed by atoms with Crippen LogP contribution >= 0.6 is 0 Å². The van der Waals surface area contributed by atoms with Crippen LogP contribution in [0.25, 0.3) is 0 Å². The molecule has 0 saturated carbocycles. The van der Waals surface area contributed by atoms with Crippen LogP contribution in [-0.4, -0.2) is 42.6 Å². The van der Waals surface area contributed by atoms with Crippen LogP contribution in [0.1, 0.15) is 35.2 Å². The molecular weight excluding hydrogens is 368 g/mol. The zero-order valence-corrected chi connectivity index (χ0v) is 18.0. The van der Waals surface area contributed by atoms with Crippen molar-refractivity contribution in [3.63, 3.8) is 0 Å². The molecule has 3 aromatic rings. The van der Waals surface area contributed by atoms with Crippen molar-refractivity contribution in [3.05, 3.63) is 95.2 Å². The van der Waals surface area contributed by atoms with E-state index in [1.807, 2.05) is 31.3 Å². The number of aromatic nitrogens is 1. The molecule has 2 N–H and O–H groups in total. The third-order valence-corrected chi connectivity index (χ3v) is 5.92. The Kier molecular flexibility index (Phi) is 6.46. The van der Waals surface area contributed by atoms with Gasteiger partial charge in [-0.05, 0) is 48.7 Å². The lowest BCUT2D eigenvalue weighted by Crippen LogP contribution is -2.47. The molecule has 1 saturated heterocycles. The maximum Gasteiger partial charge on any atom is 0.132 e. The van der Waals surface area contributed by atoms with E-state index in [-0.39, 0.29) is 6.04 Å². The molecular formula is C26H32N4. The minimum Gasteiger partial charge on any atom is -0.347 e. The van der Waals surface area contributed by atoms with Crippen LogP contribution in [0.3, 0.4) is 0 Å². The fraction of sp³-hybridized carbons (Fsp3) is 0.346. The van der Waals surface area contributed by atoms with E-state index in [0.29, 0.717) is 6.04 Å². The largest absolute Gasteiger partial charge is 0.347 e. The van der Waals surface area contributed by atoms with Gasteiger partial charge in [0.15, 0.2) is 0 Å². The molecule has 5 rings (SSSR count). The second kappa shape index (κ2) is 9.41. The Labute approximate surface area is 180 Å². The molecule has 4 nitrogen and oxygen atoms in total. The van der Waals surface area contributed by atoms with Crippen LogP contribution in [0.2, 0.25) is 0 Å². The van der Waals surface area contributed by atoms with Crippen molar-refractivity contribution in [3.8, 4) is 0 Å². The normalized spacial score (nSPS) is 18.8. The number of anilines is 1. The summed E-state index contributed by atoms with van der Waals surface area (Å²) in [5, 5.41) is 0. The summed E-state index contributed by atoms with van der Waals surface area (Å²) in [6.45, 7) is 5.26. The monoisotopic (exact) mass is 400 g/mol. The van der Waals surface area contributed by atoms with Gasteiger partial charge in [0.2, 0.25) is 0 Å². The van der Waals surface area contributed by atoms with E-state index in [1.54, 1.807) is 0 Å². The Bertz CT molecular complexity index is 954. The first-order chi connectivity index (χ1) is 14.6. The Morgan fingerprint density at radius 1 is 0.967 bits per heavy atom. The van der Waals surface area contributed by atoms with Gasteiger partial charge >= 0.3 is 0 Å². The van der Waals surface area contributed by atoms with Crippen LogP contribution in [0, 0.1) is 0 Å². The van der Waals surface area contributed by atoms with Crippen molar-refractivity contribution in [2.45, 2.75) is 31.8 Å². The maximum absolute atomic E-state index is 5.62. The number of likely N-dealkylation sites (N-methyl/N-ethyl adjacent to an activating group) is 1. The molecule has 156 valence electrons. The molecule has 1 fully saturated rings. The minimum atomic E-state index is 0.266. The molecule has 2 aromatic carbocycles. The summed E-state index contributed by atoms with van der Waals surface area (Å²) in [5.41, 5.74) is 11.2. The summed E-state index contributed by atoms with van der Waals surface area (Å²) >= 11 is 0. The quantitative estimate of drug-likeness (QED) is 0.705. The van der Waals surface area contributed by atoms with Crippen LogP contribution in [0.15, 0.2) is 72.9 Å². The van der Waals surface area contributed by atoms with Gasteiger partial charge in [-0.2, -0.15) is 0 Å². The van der Waals surface area contributed by atoms with Crippen LogP contribution in [0.4, 0.5) is 5.82 Å². The first-order valence-corrected chi connectivity index (χ1v) is 10.9. The predicted octanol–water partition coefficient (Wildman–Crippen LogP) is 4.06. The Morgan fingerprint density at radius 2 is 1.70 bits per heavy atom. The lowest BCUT2D eigenvalue weighted by atomic mass is 9.96.